The van der Waals surface area contributed by atoms with Crippen LogP contribution >= 0.6 is 0 Å². The van der Waals surface area contributed by atoms with Gasteiger partial charge >= 0.3 is 0 Å². The first kappa shape index (κ1) is 20.2. The molecule has 0 aliphatic carbocycles. The van der Waals surface area contributed by atoms with Crippen LogP contribution in [-0.2, 0) is 13.2 Å². The molecule has 0 amide bonds. The van der Waals surface area contributed by atoms with Crippen molar-refractivity contribution < 1.29 is 4.92 Å². The van der Waals surface area contributed by atoms with Gasteiger partial charge in [0, 0.05) is 36.0 Å². The summed E-state index contributed by atoms with van der Waals surface area (Å²) < 4.78 is 3.17. The molecular weight excluding hydrogens is 394 g/mol. The quantitative estimate of drug-likeness (QED) is 0.339. The maximum absolute atomic E-state index is 12.2. The molecule has 8 nitrogen and oxygen atoms in total. The maximum Gasteiger partial charge on any atom is 0.285 e. The molecule has 0 spiro atoms. The molecule has 2 aromatic carbocycles. The number of aromatic nitrogens is 3. The van der Waals surface area contributed by atoms with E-state index >= 15 is 0 Å². The average molecular weight is 415 g/mol. The van der Waals surface area contributed by atoms with E-state index in [1.54, 1.807) is 0 Å². The molecule has 4 aromatic rings. The monoisotopic (exact) mass is 415 g/mol. The molecule has 0 N–H and O–H groups in total. The van der Waals surface area contributed by atoms with E-state index in [0.29, 0.717) is 6.54 Å². The summed E-state index contributed by atoms with van der Waals surface area (Å²) in [7, 11) is 1.86. The lowest BCUT2D eigenvalue weighted by Gasteiger charge is -2.17. The zero-order valence-corrected chi connectivity index (χ0v) is 17.0. The SMILES string of the molecule is CN(Cc1cn(-c2ccccc2)nc1-c1ccccc1)Cn1cc([N+](=O)[O-])ccc1=O. The van der Waals surface area contributed by atoms with Crippen LogP contribution in [0.5, 0.6) is 0 Å². The largest absolute Gasteiger partial charge is 0.295 e. The third kappa shape index (κ3) is 4.59. The van der Waals surface area contributed by atoms with Gasteiger partial charge in [-0.2, -0.15) is 5.10 Å². The smallest absolute Gasteiger partial charge is 0.285 e. The average Bonchev–Trinajstić information content (AvgIpc) is 3.20. The van der Waals surface area contributed by atoms with Crippen LogP contribution in [0.1, 0.15) is 5.56 Å². The second-order valence-corrected chi connectivity index (χ2v) is 7.26. The Balaban J connectivity index is 1.64. The fraction of sp³-hybridized carbons (Fsp3) is 0.130. The van der Waals surface area contributed by atoms with Crippen LogP contribution in [0, 0.1) is 10.1 Å². The maximum atomic E-state index is 12.2. The third-order valence-corrected chi connectivity index (χ3v) is 4.87. The standard InChI is InChI=1S/C23H21N5O3/c1-25(17-26-16-21(28(30)31)12-13-22(26)29)14-19-15-27(20-10-6-3-7-11-20)24-23(19)18-8-4-2-5-9-18/h2-13,15-16H,14,17H2,1H3. The highest BCUT2D eigenvalue weighted by Gasteiger charge is 2.15. The molecule has 0 unspecified atom stereocenters. The normalized spacial score (nSPS) is 11.0. The topological polar surface area (TPSA) is 86.2 Å². The molecule has 0 aliphatic heterocycles. The lowest BCUT2D eigenvalue weighted by atomic mass is 10.1. The Morgan fingerprint density at radius 1 is 0.968 bits per heavy atom. The predicted octanol–water partition coefficient (Wildman–Crippen LogP) is 3.70. The van der Waals surface area contributed by atoms with Gasteiger partial charge in [0.2, 0.25) is 0 Å². The fourth-order valence-corrected chi connectivity index (χ4v) is 3.42. The van der Waals surface area contributed by atoms with Crippen LogP contribution in [-0.4, -0.2) is 31.2 Å². The molecule has 2 heterocycles. The van der Waals surface area contributed by atoms with Crippen LogP contribution in [0.15, 0.2) is 90.0 Å². The third-order valence-electron chi connectivity index (χ3n) is 4.87. The van der Waals surface area contributed by atoms with Crippen LogP contribution in [0.2, 0.25) is 0 Å². The molecule has 156 valence electrons. The lowest BCUT2D eigenvalue weighted by molar-refractivity contribution is -0.385. The van der Waals surface area contributed by atoms with Crippen molar-refractivity contribution in [3.63, 3.8) is 0 Å². The van der Waals surface area contributed by atoms with Gasteiger partial charge in [-0.25, -0.2) is 4.68 Å². The van der Waals surface area contributed by atoms with E-state index in [4.69, 9.17) is 5.10 Å². The first-order valence-electron chi connectivity index (χ1n) is 9.74. The summed E-state index contributed by atoms with van der Waals surface area (Å²) in [4.78, 5) is 24.6. The number of hydrogen-bond acceptors (Lipinski definition) is 5. The van der Waals surface area contributed by atoms with Crippen molar-refractivity contribution >= 4 is 5.69 Å². The van der Waals surface area contributed by atoms with Gasteiger partial charge in [-0.05, 0) is 19.2 Å². The minimum absolute atomic E-state index is 0.116. The van der Waals surface area contributed by atoms with E-state index in [1.165, 1.54) is 22.9 Å². The Morgan fingerprint density at radius 2 is 1.65 bits per heavy atom. The number of pyridine rings is 1. The van der Waals surface area contributed by atoms with Crippen molar-refractivity contribution in [2.75, 3.05) is 7.05 Å². The molecule has 0 atom stereocenters. The Hall–Kier alpha value is -4.04. The molecular formula is C23H21N5O3. The van der Waals surface area contributed by atoms with E-state index in [9.17, 15) is 14.9 Å². The molecule has 0 bridgehead atoms. The molecule has 0 radical (unpaired) electrons. The van der Waals surface area contributed by atoms with Gasteiger partial charge in [0.15, 0.2) is 0 Å². The minimum Gasteiger partial charge on any atom is -0.295 e. The Labute approximate surface area is 178 Å². The summed E-state index contributed by atoms with van der Waals surface area (Å²) in [5, 5.41) is 15.8. The van der Waals surface area contributed by atoms with Crippen molar-refractivity contribution in [3.8, 4) is 16.9 Å². The highest BCUT2D eigenvalue weighted by atomic mass is 16.6. The summed E-state index contributed by atoms with van der Waals surface area (Å²) >= 11 is 0. The molecule has 31 heavy (non-hydrogen) atoms. The van der Waals surface area contributed by atoms with Gasteiger partial charge < -0.3 is 0 Å². The van der Waals surface area contributed by atoms with Crippen molar-refractivity contribution in [3.05, 3.63) is 111 Å². The van der Waals surface area contributed by atoms with Crippen LogP contribution in [0.4, 0.5) is 5.69 Å². The van der Waals surface area contributed by atoms with Gasteiger partial charge in [0.05, 0.1) is 29.2 Å². The first-order chi connectivity index (χ1) is 15.0. The van der Waals surface area contributed by atoms with Crippen molar-refractivity contribution in [2.24, 2.45) is 0 Å². The lowest BCUT2D eigenvalue weighted by Crippen LogP contribution is -2.29. The summed E-state index contributed by atoms with van der Waals surface area (Å²) in [5.41, 5.74) is 3.37. The second-order valence-electron chi connectivity index (χ2n) is 7.26. The Morgan fingerprint density at radius 3 is 2.32 bits per heavy atom. The fourth-order valence-electron chi connectivity index (χ4n) is 3.42. The number of para-hydroxylation sites is 1. The highest BCUT2D eigenvalue weighted by Crippen LogP contribution is 2.24. The van der Waals surface area contributed by atoms with Gasteiger partial charge in [-0.15, -0.1) is 0 Å². The zero-order valence-electron chi connectivity index (χ0n) is 17.0. The van der Waals surface area contributed by atoms with E-state index in [-0.39, 0.29) is 17.9 Å². The van der Waals surface area contributed by atoms with Gasteiger partial charge in [0.25, 0.3) is 11.2 Å². The Kier molecular flexibility index (Phi) is 5.72. The summed E-state index contributed by atoms with van der Waals surface area (Å²) in [6, 6.07) is 22.2. The van der Waals surface area contributed by atoms with Gasteiger partial charge in [-0.3, -0.25) is 24.4 Å². The number of rotatable bonds is 7. The van der Waals surface area contributed by atoms with E-state index in [0.717, 1.165) is 22.5 Å². The van der Waals surface area contributed by atoms with Gasteiger partial charge in [0.1, 0.15) is 0 Å². The number of nitrogens with zero attached hydrogens (tertiary/aromatic N) is 5. The van der Waals surface area contributed by atoms with Crippen molar-refractivity contribution in [1.82, 2.24) is 19.2 Å². The van der Waals surface area contributed by atoms with Crippen molar-refractivity contribution in [1.29, 1.82) is 0 Å². The van der Waals surface area contributed by atoms with Crippen LogP contribution < -0.4 is 5.56 Å². The minimum atomic E-state index is -0.507. The van der Waals surface area contributed by atoms with Gasteiger partial charge in [-0.1, -0.05) is 48.5 Å². The summed E-state index contributed by atoms with van der Waals surface area (Å²) in [6.45, 7) is 0.720. The highest BCUT2D eigenvalue weighted by molar-refractivity contribution is 5.63. The molecule has 0 aliphatic rings. The van der Waals surface area contributed by atoms with Crippen molar-refractivity contribution in [2.45, 2.75) is 13.2 Å². The second kappa shape index (κ2) is 8.76. The summed E-state index contributed by atoms with van der Waals surface area (Å²) in [5.74, 6) is 0. The number of nitro groups is 1. The molecule has 0 saturated carbocycles. The molecule has 0 saturated heterocycles. The summed E-state index contributed by atoms with van der Waals surface area (Å²) in [6.07, 6.45) is 3.24. The van der Waals surface area contributed by atoms with Crippen LogP contribution in [0.25, 0.3) is 16.9 Å². The molecule has 0 fully saturated rings. The predicted molar refractivity (Wildman–Crippen MR) is 118 cm³/mol. The van der Waals surface area contributed by atoms with E-state index in [2.05, 4.69) is 0 Å². The number of hydrogen-bond donors (Lipinski definition) is 0. The van der Waals surface area contributed by atoms with E-state index < -0.39 is 4.92 Å². The molecule has 2 aromatic heterocycles. The van der Waals surface area contributed by atoms with Crippen LogP contribution in [0.3, 0.4) is 0 Å². The van der Waals surface area contributed by atoms with E-state index in [1.807, 2.05) is 83.5 Å². The number of benzene rings is 2. The molecule has 8 heteroatoms. The first-order valence-corrected chi connectivity index (χ1v) is 9.74. The zero-order chi connectivity index (χ0) is 21.8. The Bertz CT molecular complexity index is 1250. The molecule has 4 rings (SSSR count).